The van der Waals surface area contributed by atoms with Gasteiger partial charge >= 0.3 is 0 Å². The van der Waals surface area contributed by atoms with E-state index in [1.165, 1.54) is 11.1 Å². The lowest BCUT2D eigenvalue weighted by Gasteiger charge is -2.21. The molecular weight excluding hydrogens is 168 g/mol. The van der Waals surface area contributed by atoms with E-state index in [-0.39, 0.29) is 5.41 Å². The molecule has 0 spiro atoms. The third-order valence-corrected chi connectivity index (χ3v) is 2.52. The van der Waals surface area contributed by atoms with Gasteiger partial charge in [-0.3, -0.25) is 0 Å². The van der Waals surface area contributed by atoms with Crippen LogP contribution in [-0.2, 0) is 0 Å². The van der Waals surface area contributed by atoms with Gasteiger partial charge in [-0.25, -0.2) is 0 Å². The van der Waals surface area contributed by atoms with Gasteiger partial charge in [0.1, 0.15) is 0 Å². The first kappa shape index (κ1) is 13.2. The van der Waals surface area contributed by atoms with Gasteiger partial charge in [-0.05, 0) is 39.0 Å². The van der Waals surface area contributed by atoms with Crippen molar-refractivity contribution in [3.05, 3.63) is 36.0 Å². The van der Waals surface area contributed by atoms with Crippen LogP contribution < -0.4 is 0 Å². The zero-order valence-electron chi connectivity index (χ0n) is 10.4. The monoisotopic (exact) mass is 192 g/mol. The highest BCUT2D eigenvalue weighted by Crippen LogP contribution is 2.28. The second-order valence-corrected chi connectivity index (χ2v) is 4.72. The summed E-state index contributed by atoms with van der Waals surface area (Å²) < 4.78 is 0. The first-order chi connectivity index (χ1) is 6.43. The van der Waals surface area contributed by atoms with Gasteiger partial charge in [-0.15, -0.1) is 6.58 Å². The van der Waals surface area contributed by atoms with Crippen molar-refractivity contribution in [1.29, 1.82) is 0 Å². The Bertz CT molecular complexity index is 239. The summed E-state index contributed by atoms with van der Waals surface area (Å²) >= 11 is 0. The van der Waals surface area contributed by atoms with Crippen LogP contribution in [0.5, 0.6) is 0 Å². The van der Waals surface area contributed by atoms with Crippen LogP contribution >= 0.6 is 0 Å². The molecule has 0 aromatic rings. The van der Waals surface area contributed by atoms with Crippen molar-refractivity contribution in [2.45, 2.75) is 47.5 Å². The highest BCUT2D eigenvalue weighted by molar-refractivity contribution is 5.15. The molecule has 0 aliphatic heterocycles. The lowest BCUT2D eigenvalue weighted by Crippen LogP contribution is -2.08. The molecule has 80 valence electrons. The molecule has 0 aromatic heterocycles. The molecule has 0 saturated carbocycles. The van der Waals surface area contributed by atoms with Gasteiger partial charge < -0.3 is 0 Å². The lowest BCUT2D eigenvalue weighted by molar-refractivity contribution is 0.472. The largest absolute Gasteiger partial charge is 0.103 e. The van der Waals surface area contributed by atoms with E-state index < -0.39 is 0 Å². The van der Waals surface area contributed by atoms with Crippen LogP contribution in [0, 0.1) is 5.41 Å². The number of allylic oxidation sites excluding steroid dienone is 5. The summed E-state index contributed by atoms with van der Waals surface area (Å²) in [7, 11) is 0. The average Bonchev–Trinajstić information content (AvgIpc) is 2.03. The summed E-state index contributed by atoms with van der Waals surface area (Å²) in [5.41, 5.74) is 3.23. The summed E-state index contributed by atoms with van der Waals surface area (Å²) in [6, 6.07) is 0. The van der Waals surface area contributed by atoms with Crippen LogP contribution in [0.25, 0.3) is 0 Å². The van der Waals surface area contributed by atoms with Crippen LogP contribution in [0.1, 0.15) is 47.5 Å². The number of rotatable bonds is 5. The second kappa shape index (κ2) is 5.85. The van der Waals surface area contributed by atoms with Gasteiger partial charge in [0.15, 0.2) is 0 Å². The van der Waals surface area contributed by atoms with Gasteiger partial charge in [0.2, 0.25) is 0 Å². The highest BCUT2D eigenvalue weighted by Gasteiger charge is 2.14. The van der Waals surface area contributed by atoms with E-state index in [4.69, 9.17) is 0 Å². The summed E-state index contributed by atoms with van der Waals surface area (Å²) in [6.45, 7) is 14.8. The smallest absolute Gasteiger partial charge is 0.0138 e. The zero-order chi connectivity index (χ0) is 11.2. The van der Waals surface area contributed by atoms with Crippen LogP contribution in [0.3, 0.4) is 0 Å². The summed E-state index contributed by atoms with van der Waals surface area (Å²) in [6.07, 6.45) is 8.53. The molecule has 0 unspecified atom stereocenters. The standard InChI is InChI=1S/C14H24/c1-7-9-12(3)13(4)11-14(5,6)10-8-2/h7-8,10H,1,9,11H2,2-6H3/b10-8+,13-12+. The minimum Gasteiger partial charge on any atom is -0.103 e. The molecule has 0 radical (unpaired) electrons. The molecule has 0 aromatic carbocycles. The molecule has 0 amide bonds. The average molecular weight is 192 g/mol. The topological polar surface area (TPSA) is 0 Å². The van der Waals surface area contributed by atoms with Crippen molar-refractivity contribution in [3.63, 3.8) is 0 Å². The molecule has 0 fully saturated rings. The normalized spacial score (nSPS) is 14.4. The van der Waals surface area contributed by atoms with Crippen LogP contribution in [0.4, 0.5) is 0 Å². The SMILES string of the molecule is C=CC/C(C)=C(\C)CC(C)(C)/C=C/C. The Morgan fingerprint density at radius 1 is 1.21 bits per heavy atom. The third-order valence-electron chi connectivity index (χ3n) is 2.52. The van der Waals surface area contributed by atoms with Crippen LogP contribution in [-0.4, -0.2) is 0 Å². The Hall–Kier alpha value is -0.780. The van der Waals surface area contributed by atoms with Gasteiger partial charge in [-0.2, -0.15) is 0 Å². The molecule has 14 heavy (non-hydrogen) atoms. The fraction of sp³-hybridized carbons (Fsp3) is 0.571. The molecule has 0 heteroatoms. The summed E-state index contributed by atoms with van der Waals surface area (Å²) in [4.78, 5) is 0. The minimum absolute atomic E-state index is 0.279. The molecule has 0 aliphatic rings. The van der Waals surface area contributed by atoms with Crippen molar-refractivity contribution in [3.8, 4) is 0 Å². The van der Waals surface area contributed by atoms with Crippen molar-refractivity contribution in [2.75, 3.05) is 0 Å². The van der Waals surface area contributed by atoms with Gasteiger partial charge in [-0.1, -0.05) is 43.2 Å². The maximum absolute atomic E-state index is 3.77. The summed E-state index contributed by atoms with van der Waals surface area (Å²) in [5.74, 6) is 0. The van der Waals surface area contributed by atoms with Crippen molar-refractivity contribution in [1.82, 2.24) is 0 Å². The number of hydrogen-bond donors (Lipinski definition) is 0. The zero-order valence-corrected chi connectivity index (χ0v) is 10.4. The Kier molecular flexibility index (Phi) is 5.52. The fourth-order valence-corrected chi connectivity index (χ4v) is 1.74. The first-order valence-corrected chi connectivity index (χ1v) is 5.33. The van der Waals surface area contributed by atoms with E-state index in [9.17, 15) is 0 Å². The predicted octanol–water partition coefficient (Wildman–Crippen LogP) is 4.89. The molecular formula is C14H24. The van der Waals surface area contributed by atoms with Gasteiger partial charge in [0.05, 0.1) is 0 Å². The van der Waals surface area contributed by atoms with Crippen molar-refractivity contribution < 1.29 is 0 Å². The molecule has 0 atom stereocenters. The Labute approximate surface area is 89.4 Å². The maximum Gasteiger partial charge on any atom is -0.0138 e. The molecule has 0 nitrogen and oxygen atoms in total. The second-order valence-electron chi connectivity index (χ2n) is 4.72. The Morgan fingerprint density at radius 3 is 2.21 bits per heavy atom. The molecule has 0 heterocycles. The van der Waals surface area contributed by atoms with Gasteiger partial charge in [0, 0.05) is 0 Å². The molecule has 0 bridgehead atoms. The lowest BCUT2D eigenvalue weighted by atomic mass is 9.84. The van der Waals surface area contributed by atoms with Crippen LogP contribution in [0.2, 0.25) is 0 Å². The maximum atomic E-state index is 3.77. The minimum atomic E-state index is 0.279. The van der Waals surface area contributed by atoms with Crippen molar-refractivity contribution >= 4 is 0 Å². The van der Waals surface area contributed by atoms with E-state index in [2.05, 4.69) is 53.3 Å². The fourth-order valence-electron chi connectivity index (χ4n) is 1.74. The van der Waals surface area contributed by atoms with E-state index in [1.807, 2.05) is 6.08 Å². The molecule has 0 saturated heterocycles. The Morgan fingerprint density at radius 2 is 1.79 bits per heavy atom. The molecule has 0 aliphatic carbocycles. The highest BCUT2D eigenvalue weighted by atomic mass is 14.2. The first-order valence-electron chi connectivity index (χ1n) is 5.33. The quantitative estimate of drug-likeness (QED) is 0.544. The Balaban J connectivity index is 4.50. The third kappa shape index (κ3) is 5.06. The van der Waals surface area contributed by atoms with E-state index in [0.29, 0.717) is 0 Å². The van der Waals surface area contributed by atoms with Crippen LogP contribution in [0.15, 0.2) is 36.0 Å². The van der Waals surface area contributed by atoms with Crippen molar-refractivity contribution in [2.24, 2.45) is 5.41 Å². The van der Waals surface area contributed by atoms with E-state index in [1.54, 1.807) is 0 Å². The number of hydrogen-bond acceptors (Lipinski definition) is 0. The van der Waals surface area contributed by atoms with E-state index >= 15 is 0 Å². The molecule has 0 N–H and O–H groups in total. The van der Waals surface area contributed by atoms with Gasteiger partial charge in [0.25, 0.3) is 0 Å². The summed E-state index contributed by atoms with van der Waals surface area (Å²) in [5, 5.41) is 0. The van der Waals surface area contributed by atoms with E-state index in [0.717, 1.165) is 12.8 Å². The predicted molar refractivity (Wildman–Crippen MR) is 66.4 cm³/mol. The molecule has 0 rings (SSSR count).